The molecule has 0 bridgehead atoms. The van der Waals surface area contributed by atoms with Crippen molar-refractivity contribution in [2.24, 2.45) is 0 Å². The third kappa shape index (κ3) is 7.74. The number of nitro benzene ring substituents is 1. The van der Waals surface area contributed by atoms with Crippen LogP contribution in [0.3, 0.4) is 0 Å². The lowest BCUT2D eigenvalue weighted by molar-refractivity contribution is -0.384. The molecule has 2 aromatic carbocycles. The number of allylic oxidation sites excluding steroid dienone is 2. The minimum atomic E-state index is -0.923. The van der Waals surface area contributed by atoms with Crippen molar-refractivity contribution in [1.29, 1.82) is 0 Å². The second-order valence-corrected chi connectivity index (χ2v) is 10.0. The summed E-state index contributed by atoms with van der Waals surface area (Å²) >= 11 is 0. The van der Waals surface area contributed by atoms with Crippen molar-refractivity contribution >= 4 is 17.6 Å². The average Bonchev–Trinajstić information content (AvgIpc) is 2.99. The molecule has 0 radical (unpaired) electrons. The monoisotopic (exact) mass is 580 g/mol. The van der Waals surface area contributed by atoms with Gasteiger partial charge >= 0.3 is 11.9 Å². The molecule has 2 atom stereocenters. The van der Waals surface area contributed by atoms with Gasteiger partial charge < -0.3 is 29.0 Å². The Morgan fingerprint density at radius 3 is 2.40 bits per heavy atom. The number of non-ortho nitro benzene ring substituents is 1. The SMILES string of the molecule is COC(=O)C1=C(C)NC(C)=C(C(=O)OCCOc2ccc(CCOC3CCCCO3)cc2)[C@H]1c1cccc([N+](=O)[O-])c1. The van der Waals surface area contributed by atoms with Crippen molar-refractivity contribution in [3.05, 3.63) is 92.3 Å². The van der Waals surface area contributed by atoms with E-state index in [0.717, 1.165) is 37.9 Å². The van der Waals surface area contributed by atoms with Gasteiger partial charge in [0, 0.05) is 30.1 Å². The minimum absolute atomic E-state index is 0.0511. The molecule has 0 saturated carbocycles. The van der Waals surface area contributed by atoms with E-state index in [1.165, 1.54) is 25.3 Å². The molecule has 0 aliphatic carbocycles. The molecule has 1 saturated heterocycles. The molecule has 11 heteroatoms. The van der Waals surface area contributed by atoms with Gasteiger partial charge in [-0.25, -0.2) is 9.59 Å². The second-order valence-electron chi connectivity index (χ2n) is 10.0. The standard InChI is InChI=1S/C31H36N2O9/c1-20-27(30(34)38-3)29(23-7-6-8-24(19-23)33(36)37)28(21(2)32-20)31(35)42-18-17-39-25-12-10-22(11-13-25)14-16-41-26-9-4-5-15-40-26/h6-8,10-13,19,26,29,32H,4-5,9,14-18H2,1-3H3/t26?,29-/m0/s1. The molecule has 1 fully saturated rings. The lowest BCUT2D eigenvalue weighted by atomic mass is 9.80. The Balaban J connectivity index is 1.36. The van der Waals surface area contributed by atoms with Crippen LogP contribution in [-0.2, 0) is 35.0 Å². The first-order valence-corrected chi connectivity index (χ1v) is 13.9. The summed E-state index contributed by atoms with van der Waals surface area (Å²) in [6.07, 6.45) is 3.80. The number of dihydropyridines is 1. The number of nitrogens with zero attached hydrogens (tertiary/aromatic N) is 1. The summed E-state index contributed by atoms with van der Waals surface area (Å²) in [4.78, 5) is 37.0. The summed E-state index contributed by atoms with van der Waals surface area (Å²) in [5, 5.41) is 14.5. The molecule has 2 aromatic rings. The van der Waals surface area contributed by atoms with Crippen LogP contribution in [0.15, 0.2) is 71.1 Å². The smallest absolute Gasteiger partial charge is 0.336 e. The van der Waals surface area contributed by atoms with Gasteiger partial charge in [-0.1, -0.05) is 24.3 Å². The topological polar surface area (TPSA) is 135 Å². The van der Waals surface area contributed by atoms with Crippen LogP contribution in [0, 0.1) is 10.1 Å². The number of hydrogen-bond donors (Lipinski definition) is 1. The summed E-state index contributed by atoms with van der Waals surface area (Å²) < 4.78 is 27.6. The maximum atomic E-state index is 13.3. The molecule has 2 heterocycles. The number of nitro groups is 1. The van der Waals surface area contributed by atoms with Gasteiger partial charge in [-0.05, 0) is 62.8 Å². The van der Waals surface area contributed by atoms with Gasteiger partial charge in [-0.15, -0.1) is 0 Å². The predicted molar refractivity (Wildman–Crippen MR) is 153 cm³/mol. The fraction of sp³-hybridized carbons (Fsp3) is 0.419. The Morgan fingerprint density at radius 2 is 1.74 bits per heavy atom. The van der Waals surface area contributed by atoms with Gasteiger partial charge in [0.2, 0.25) is 0 Å². The highest BCUT2D eigenvalue weighted by molar-refractivity contribution is 5.99. The van der Waals surface area contributed by atoms with Crippen LogP contribution in [-0.4, -0.2) is 56.7 Å². The first-order chi connectivity index (χ1) is 20.3. The van der Waals surface area contributed by atoms with Crippen molar-refractivity contribution in [2.75, 3.05) is 33.5 Å². The first-order valence-electron chi connectivity index (χ1n) is 13.9. The molecular weight excluding hydrogens is 544 g/mol. The molecule has 11 nitrogen and oxygen atoms in total. The summed E-state index contributed by atoms with van der Waals surface area (Å²) in [6.45, 7) is 4.75. The van der Waals surface area contributed by atoms with Crippen LogP contribution < -0.4 is 10.1 Å². The average molecular weight is 581 g/mol. The lowest BCUT2D eigenvalue weighted by Crippen LogP contribution is -2.32. The van der Waals surface area contributed by atoms with E-state index in [2.05, 4.69) is 5.32 Å². The maximum Gasteiger partial charge on any atom is 0.336 e. The molecule has 1 unspecified atom stereocenters. The normalized spacial score (nSPS) is 18.7. The zero-order valence-electron chi connectivity index (χ0n) is 24.1. The molecule has 1 N–H and O–H groups in total. The second kappa shape index (κ2) is 14.6. The van der Waals surface area contributed by atoms with Crippen LogP contribution in [0.2, 0.25) is 0 Å². The van der Waals surface area contributed by atoms with E-state index in [0.29, 0.717) is 29.3 Å². The molecular formula is C31H36N2O9. The van der Waals surface area contributed by atoms with E-state index in [-0.39, 0.29) is 36.3 Å². The molecule has 4 rings (SSSR count). The molecule has 0 amide bonds. The summed E-state index contributed by atoms with van der Waals surface area (Å²) in [6, 6.07) is 13.4. The van der Waals surface area contributed by atoms with E-state index in [9.17, 15) is 19.7 Å². The van der Waals surface area contributed by atoms with Gasteiger partial charge in [0.05, 0.1) is 35.7 Å². The number of nitrogens with one attached hydrogen (secondary N) is 1. The summed E-state index contributed by atoms with van der Waals surface area (Å²) in [7, 11) is 1.24. The molecule has 224 valence electrons. The molecule has 2 aliphatic heterocycles. The van der Waals surface area contributed by atoms with Crippen molar-refractivity contribution in [3.63, 3.8) is 0 Å². The van der Waals surface area contributed by atoms with E-state index in [4.69, 9.17) is 23.7 Å². The zero-order valence-corrected chi connectivity index (χ0v) is 24.1. The largest absolute Gasteiger partial charge is 0.490 e. The maximum absolute atomic E-state index is 13.3. The highest BCUT2D eigenvalue weighted by Gasteiger charge is 2.38. The fourth-order valence-electron chi connectivity index (χ4n) is 5.07. The third-order valence-electron chi connectivity index (χ3n) is 7.14. The zero-order chi connectivity index (χ0) is 30.1. The molecule has 42 heavy (non-hydrogen) atoms. The number of methoxy groups -OCH3 is 1. The van der Waals surface area contributed by atoms with Crippen molar-refractivity contribution in [2.45, 2.75) is 51.7 Å². The van der Waals surface area contributed by atoms with E-state index < -0.39 is 22.8 Å². The highest BCUT2D eigenvalue weighted by atomic mass is 16.7. The summed E-state index contributed by atoms with van der Waals surface area (Å²) in [5.74, 6) is -1.63. The Labute approximate surface area is 244 Å². The number of benzene rings is 2. The number of carbonyl (C=O) groups is 2. The van der Waals surface area contributed by atoms with Crippen LogP contribution in [0.5, 0.6) is 5.75 Å². The van der Waals surface area contributed by atoms with Gasteiger partial charge in [0.1, 0.15) is 19.0 Å². The Morgan fingerprint density at radius 1 is 1.00 bits per heavy atom. The Kier molecular flexibility index (Phi) is 10.7. The number of esters is 2. The fourth-order valence-corrected chi connectivity index (χ4v) is 5.07. The van der Waals surface area contributed by atoms with Gasteiger partial charge in [-0.3, -0.25) is 10.1 Å². The Bertz CT molecular complexity index is 1340. The number of rotatable bonds is 12. The van der Waals surface area contributed by atoms with Crippen molar-refractivity contribution < 1.29 is 38.2 Å². The predicted octanol–water partition coefficient (Wildman–Crippen LogP) is 4.71. The Hall–Kier alpha value is -4.22. The van der Waals surface area contributed by atoms with Crippen LogP contribution in [0.4, 0.5) is 5.69 Å². The third-order valence-corrected chi connectivity index (χ3v) is 7.14. The van der Waals surface area contributed by atoms with E-state index in [1.807, 2.05) is 24.3 Å². The van der Waals surface area contributed by atoms with Gasteiger partial charge in [0.25, 0.3) is 5.69 Å². The quantitative estimate of drug-likeness (QED) is 0.163. The van der Waals surface area contributed by atoms with E-state index >= 15 is 0 Å². The van der Waals surface area contributed by atoms with Crippen LogP contribution >= 0.6 is 0 Å². The number of carbonyl (C=O) groups excluding carboxylic acids is 2. The van der Waals surface area contributed by atoms with Crippen molar-refractivity contribution in [1.82, 2.24) is 5.32 Å². The van der Waals surface area contributed by atoms with Crippen LogP contribution in [0.1, 0.15) is 50.2 Å². The summed E-state index contributed by atoms with van der Waals surface area (Å²) in [5.41, 5.74) is 2.61. The van der Waals surface area contributed by atoms with Gasteiger partial charge in [-0.2, -0.15) is 0 Å². The molecule has 0 aromatic heterocycles. The minimum Gasteiger partial charge on any atom is -0.490 e. The molecule has 2 aliphatic rings. The van der Waals surface area contributed by atoms with Crippen molar-refractivity contribution in [3.8, 4) is 5.75 Å². The van der Waals surface area contributed by atoms with E-state index in [1.54, 1.807) is 19.9 Å². The first kappa shape index (κ1) is 30.7. The molecule has 0 spiro atoms. The number of ether oxygens (including phenoxy) is 5. The van der Waals surface area contributed by atoms with Crippen LogP contribution in [0.25, 0.3) is 0 Å². The lowest BCUT2D eigenvalue weighted by Gasteiger charge is -2.30. The highest BCUT2D eigenvalue weighted by Crippen LogP contribution is 2.40. The van der Waals surface area contributed by atoms with Gasteiger partial charge in [0.15, 0.2) is 6.29 Å². The number of hydrogen-bond acceptors (Lipinski definition) is 10.